The van der Waals surface area contributed by atoms with Crippen LogP contribution >= 0.6 is 0 Å². The summed E-state index contributed by atoms with van der Waals surface area (Å²) >= 11 is 0. The molecule has 0 saturated carbocycles. The third kappa shape index (κ3) is 3.11. The van der Waals surface area contributed by atoms with Crippen molar-refractivity contribution in [3.8, 4) is 0 Å². The van der Waals surface area contributed by atoms with Crippen molar-refractivity contribution >= 4 is 12.2 Å². The molecule has 0 spiro atoms. The Bertz CT molecular complexity index is 801. The molecule has 1 nitrogen and oxygen atoms in total. The van der Waals surface area contributed by atoms with Crippen LogP contribution in [0.1, 0.15) is 46.6 Å². The molecule has 1 atom stereocenters. The second kappa shape index (κ2) is 6.34. The van der Waals surface area contributed by atoms with Gasteiger partial charge in [-0.3, -0.25) is 0 Å². The number of benzene rings is 2. The molecule has 4 heteroatoms. The van der Waals surface area contributed by atoms with E-state index in [0.29, 0.717) is 5.92 Å². The lowest BCUT2D eigenvalue weighted by atomic mass is 9.74. The van der Waals surface area contributed by atoms with Crippen LogP contribution in [-0.2, 0) is 6.18 Å². The minimum absolute atomic E-state index is 0.00519. The van der Waals surface area contributed by atoms with Crippen LogP contribution in [0.25, 0.3) is 12.2 Å². The van der Waals surface area contributed by atoms with Crippen LogP contribution in [0, 0.1) is 5.92 Å². The van der Waals surface area contributed by atoms with Gasteiger partial charge in [0, 0.05) is 5.92 Å². The van der Waals surface area contributed by atoms with Gasteiger partial charge in [0.1, 0.15) is 0 Å². The highest BCUT2D eigenvalue weighted by atomic mass is 19.4. The molecule has 4 rings (SSSR count). The van der Waals surface area contributed by atoms with Gasteiger partial charge in [-0.05, 0) is 66.2 Å². The Morgan fingerprint density at radius 3 is 2.24 bits per heavy atom. The van der Waals surface area contributed by atoms with Gasteiger partial charge in [-0.25, -0.2) is 0 Å². The largest absolute Gasteiger partial charge is 0.416 e. The molecule has 2 aliphatic rings. The molecule has 2 aromatic carbocycles. The van der Waals surface area contributed by atoms with E-state index in [-0.39, 0.29) is 5.92 Å². The first-order chi connectivity index (χ1) is 12.0. The van der Waals surface area contributed by atoms with Crippen molar-refractivity contribution in [2.75, 3.05) is 13.1 Å². The first-order valence-electron chi connectivity index (χ1n) is 8.73. The van der Waals surface area contributed by atoms with Gasteiger partial charge < -0.3 is 5.32 Å². The fourth-order valence-electron chi connectivity index (χ4n) is 4.15. The first-order valence-corrected chi connectivity index (χ1v) is 8.73. The summed E-state index contributed by atoms with van der Waals surface area (Å²) in [6.45, 7) is 1.84. The molecule has 1 aliphatic carbocycles. The Morgan fingerprint density at radius 2 is 1.52 bits per heavy atom. The molecule has 1 saturated heterocycles. The summed E-state index contributed by atoms with van der Waals surface area (Å²) in [4.78, 5) is 0. The predicted octanol–water partition coefficient (Wildman–Crippen LogP) is 5.32. The monoisotopic (exact) mass is 343 g/mol. The van der Waals surface area contributed by atoms with Crippen LogP contribution in [0.3, 0.4) is 0 Å². The summed E-state index contributed by atoms with van der Waals surface area (Å²) < 4.78 is 39.9. The van der Waals surface area contributed by atoms with E-state index in [1.807, 2.05) is 24.3 Å². The average Bonchev–Trinajstić information content (AvgIpc) is 2.78. The molecule has 0 aromatic heterocycles. The third-order valence-electron chi connectivity index (χ3n) is 5.38. The lowest BCUT2D eigenvalue weighted by molar-refractivity contribution is -0.137. The average molecular weight is 343 g/mol. The van der Waals surface area contributed by atoms with Gasteiger partial charge in [-0.15, -0.1) is 0 Å². The van der Waals surface area contributed by atoms with Gasteiger partial charge in [0.05, 0.1) is 5.56 Å². The van der Waals surface area contributed by atoms with Crippen LogP contribution in [0.4, 0.5) is 13.2 Å². The highest BCUT2D eigenvalue weighted by molar-refractivity contribution is 5.76. The molecule has 1 fully saturated rings. The van der Waals surface area contributed by atoms with E-state index in [9.17, 15) is 13.2 Å². The maximum absolute atomic E-state index is 13.3. The Balaban J connectivity index is 1.90. The normalized spacial score (nSPS) is 20.7. The van der Waals surface area contributed by atoms with E-state index in [1.165, 1.54) is 12.1 Å². The third-order valence-corrected chi connectivity index (χ3v) is 5.38. The lowest BCUT2D eigenvalue weighted by Crippen LogP contribution is -2.31. The van der Waals surface area contributed by atoms with Gasteiger partial charge in [-0.2, -0.15) is 13.2 Å². The van der Waals surface area contributed by atoms with E-state index in [2.05, 4.69) is 17.4 Å². The number of hydrogen-bond donors (Lipinski definition) is 1. The Morgan fingerprint density at radius 1 is 0.840 bits per heavy atom. The fourth-order valence-corrected chi connectivity index (χ4v) is 4.15. The number of rotatable bonds is 1. The quantitative estimate of drug-likeness (QED) is 0.739. The van der Waals surface area contributed by atoms with Crippen molar-refractivity contribution in [2.45, 2.75) is 24.9 Å². The Hall–Kier alpha value is -2.07. The number of piperidine rings is 1. The zero-order chi connectivity index (χ0) is 17.4. The fraction of sp³-hybridized carbons (Fsp3) is 0.333. The van der Waals surface area contributed by atoms with E-state index in [1.54, 1.807) is 6.07 Å². The summed E-state index contributed by atoms with van der Waals surface area (Å²) in [6, 6.07) is 12.3. The summed E-state index contributed by atoms with van der Waals surface area (Å²) in [5.41, 5.74) is 3.40. The molecule has 1 N–H and O–H groups in total. The van der Waals surface area contributed by atoms with Gasteiger partial charge in [0.15, 0.2) is 0 Å². The smallest absolute Gasteiger partial charge is 0.317 e. The molecule has 1 unspecified atom stereocenters. The van der Waals surface area contributed by atoms with Crippen LogP contribution in [0.5, 0.6) is 0 Å². The van der Waals surface area contributed by atoms with Gasteiger partial charge >= 0.3 is 6.18 Å². The molecule has 0 bridgehead atoms. The summed E-state index contributed by atoms with van der Waals surface area (Å²) in [5.74, 6) is 0.357. The van der Waals surface area contributed by atoms with Crippen LogP contribution in [-0.4, -0.2) is 13.1 Å². The number of nitrogens with one attached hydrogen (secondary N) is 1. The summed E-state index contributed by atoms with van der Waals surface area (Å²) in [6.07, 6.45) is 1.63. The van der Waals surface area contributed by atoms with Gasteiger partial charge in [-0.1, -0.05) is 42.5 Å². The lowest BCUT2D eigenvalue weighted by Gasteiger charge is -2.33. The molecule has 1 aliphatic heterocycles. The highest BCUT2D eigenvalue weighted by Gasteiger charge is 2.35. The minimum Gasteiger partial charge on any atom is -0.317 e. The van der Waals surface area contributed by atoms with Crippen molar-refractivity contribution in [1.82, 2.24) is 5.32 Å². The van der Waals surface area contributed by atoms with Crippen LogP contribution < -0.4 is 5.32 Å². The SMILES string of the molecule is FC(F)(F)c1ccc2c(c1)C(C1CCNCC1)c1ccccc1C=C2. The topological polar surface area (TPSA) is 12.0 Å². The molecular formula is C21H20F3N. The minimum atomic E-state index is -4.32. The molecule has 2 aromatic rings. The van der Waals surface area contributed by atoms with Crippen LogP contribution in [0.2, 0.25) is 0 Å². The number of halogens is 3. The number of fused-ring (bicyclic) bond motifs is 2. The Kier molecular flexibility index (Phi) is 4.16. The summed E-state index contributed by atoms with van der Waals surface area (Å²) in [5, 5.41) is 3.36. The summed E-state index contributed by atoms with van der Waals surface area (Å²) in [7, 11) is 0. The van der Waals surface area contributed by atoms with E-state index >= 15 is 0 Å². The molecule has 130 valence electrons. The first kappa shape index (κ1) is 16.4. The highest BCUT2D eigenvalue weighted by Crippen LogP contribution is 2.44. The maximum atomic E-state index is 13.3. The molecular weight excluding hydrogens is 323 g/mol. The molecule has 0 amide bonds. The van der Waals surface area contributed by atoms with Gasteiger partial charge in [0.2, 0.25) is 0 Å². The maximum Gasteiger partial charge on any atom is 0.416 e. The standard InChI is InChI=1S/C21H20F3N/c22-21(23,24)17-8-7-15-6-5-14-3-1-2-4-18(14)20(19(15)13-17)16-9-11-25-12-10-16/h1-8,13,16,20,25H,9-12H2. The van der Waals surface area contributed by atoms with E-state index in [0.717, 1.165) is 48.2 Å². The van der Waals surface area contributed by atoms with E-state index < -0.39 is 11.7 Å². The zero-order valence-electron chi connectivity index (χ0n) is 13.8. The second-order valence-electron chi connectivity index (χ2n) is 6.87. The molecule has 25 heavy (non-hydrogen) atoms. The van der Waals surface area contributed by atoms with Crippen molar-refractivity contribution in [2.24, 2.45) is 5.92 Å². The Labute approximate surface area is 145 Å². The molecule has 1 heterocycles. The van der Waals surface area contributed by atoms with Crippen molar-refractivity contribution in [3.05, 3.63) is 70.3 Å². The van der Waals surface area contributed by atoms with Crippen molar-refractivity contribution in [3.63, 3.8) is 0 Å². The second-order valence-corrected chi connectivity index (χ2v) is 6.87. The van der Waals surface area contributed by atoms with E-state index in [4.69, 9.17) is 0 Å². The van der Waals surface area contributed by atoms with Crippen molar-refractivity contribution in [1.29, 1.82) is 0 Å². The zero-order valence-corrected chi connectivity index (χ0v) is 13.8. The predicted molar refractivity (Wildman–Crippen MR) is 94.3 cm³/mol. The van der Waals surface area contributed by atoms with Crippen LogP contribution in [0.15, 0.2) is 42.5 Å². The number of alkyl halides is 3. The van der Waals surface area contributed by atoms with Crippen molar-refractivity contribution < 1.29 is 13.2 Å². The molecule has 0 radical (unpaired) electrons. The van der Waals surface area contributed by atoms with Gasteiger partial charge in [0.25, 0.3) is 0 Å². The number of hydrogen-bond acceptors (Lipinski definition) is 1.